The first-order valence-corrected chi connectivity index (χ1v) is 13.9. The molecule has 2 spiro atoms. The van der Waals surface area contributed by atoms with Gasteiger partial charge < -0.3 is 9.47 Å². The van der Waals surface area contributed by atoms with E-state index in [9.17, 15) is 9.59 Å². The van der Waals surface area contributed by atoms with Crippen molar-refractivity contribution < 1.29 is 19.1 Å². The topological polar surface area (TPSA) is 52.6 Å². The number of hydrogen-bond acceptors (Lipinski definition) is 4. The highest BCUT2D eigenvalue weighted by atomic mass is 16.5. The van der Waals surface area contributed by atoms with Gasteiger partial charge in [-0.25, -0.2) is 9.59 Å². The second-order valence-electron chi connectivity index (χ2n) is 12.2. The van der Waals surface area contributed by atoms with E-state index >= 15 is 0 Å². The maximum atomic E-state index is 13.5. The molecular formula is C34H36O4. The molecular weight excluding hydrogens is 472 g/mol. The average Bonchev–Trinajstić information content (AvgIpc) is 2.91. The van der Waals surface area contributed by atoms with E-state index in [0.717, 1.165) is 33.4 Å². The van der Waals surface area contributed by atoms with Gasteiger partial charge in [0, 0.05) is 23.0 Å². The highest BCUT2D eigenvalue weighted by Crippen LogP contribution is 2.72. The number of carbonyl (C=O) groups is 2. The fourth-order valence-electron chi connectivity index (χ4n) is 7.55. The Balaban J connectivity index is 1.76. The van der Waals surface area contributed by atoms with Gasteiger partial charge in [0.05, 0.1) is 10.8 Å². The smallest absolute Gasteiger partial charge is 0.334 e. The van der Waals surface area contributed by atoms with E-state index in [-0.39, 0.29) is 37.0 Å². The first kappa shape index (κ1) is 24.9. The molecule has 3 aliphatic carbocycles. The Kier molecular flexibility index (Phi) is 5.97. The summed E-state index contributed by atoms with van der Waals surface area (Å²) in [4.78, 5) is 27.0. The lowest BCUT2D eigenvalue weighted by Gasteiger charge is -2.63. The second-order valence-corrected chi connectivity index (χ2v) is 12.2. The summed E-state index contributed by atoms with van der Waals surface area (Å²) < 4.78 is 12.1. The lowest BCUT2D eigenvalue weighted by molar-refractivity contribution is -0.149. The summed E-state index contributed by atoms with van der Waals surface area (Å²) in [5.74, 6) is -0.0368. The molecule has 1 fully saturated rings. The largest absolute Gasteiger partial charge is 0.461 e. The summed E-state index contributed by atoms with van der Waals surface area (Å²) in [6, 6.07) is 21.0. The second kappa shape index (κ2) is 9.11. The molecule has 2 aromatic carbocycles. The van der Waals surface area contributed by atoms with Gasteiger partial charge in [0.2, 0.25) is 0 Å². The van der Waals surface area contributed by atoms with Crippen LogP contribution in [0.2, 0.25) is 0 Å². The third-order valence-corrected chi connectivity index (χ3v) is 8.81. The fraction of sp³-hybridized carbons (Fsp3) is 0.412. The molecule has 196 valence electrons. The molecule has 0 amide bonds. The Hall–Kier alpha value is -3.40. The van der Waals surface area contributed by atoms with Crippen LogP contribution >= 0.6 is 0 Å². The Morgan fingerprint density at radius 3 is 1.37 bits per heavy atom. The molecule has 0 unspecified atom stereocenters. The minimum absolute atomic E-state index is 0.111. The number of rotatable bonds is 6. The van der Waals surface area contributed by atoms with E-state index < -0.39 is 10.8 Å². The van der Waals surface area contributed by atoms with Crippen LogP contribution in [-0.4, -0.2) is 25.2 Å². The molecule has 0 saturated heterocycles. The highest BCUT2D eigenvalue weighted by molar-refractivity contribution is 5.95. The first-order chi connectivity index (χ1) is 18.3. The van der Waals surface area contributed by atoms with Gasteiger partial charge in [0.15, 0.2) is 0 Å². The molecule has 4 atom stereocenters. The van der Waals surface area contributed by atoms with Crippen LogP contribution in [0.4, 0.5) is 0 Å². The third-order valence-electron chi connectivity index (χ3n) is 8.81. The predicted octanol–water partition coefficient (Wildman–Crippen LogP) is 6.91. The molecule has 0 N–H and O–H groups in total. The summed E-state index contributed by atoms with van der Waals surface area (Å²) in [7, 11) is 0. The molecule has 7 rings (SSSR count). The van der Waals surface area contributed by atoms with Gasteiger partial charge in [0.1, 0.15) is 13.2 Å². The Morgan fingerprint density at radius 2 is 1.03 bits per heavy atom. The molecule has 1 saturated carbocycles. The number of hydrogen-bond donors (Lipinski definition) is 0. The maximum absolute atomic E-state index is 13.5. The molecule has 38 heavy (non-hydrogen) atoms. The predicted molar refractivity (Wildman–Crippen MR) is 147 cm³/mol. The average molecular weight is 509 g/mol. The SMILES string of the molecule is CC(C)CC1=C2[C@@H](c3ccccc3)[C@@]34C=C[C@]2(COC1=O)[C@H](c1ccccc1)C3=C(CC(C)C)C(=O)OC4. The van der Waals surface area contributed by atoms with E-state index in [0.29, 0.717) is 24.7 Å². The quantitative estimate of drug-likeness (QED) is 0.314. The minimum Gasteiger partial charge on any atom is -0.461 e. The van der Waals surface area contributed by atoms with Crippen LogP contribution in [0.15, 0.2) is 95.1 Å². The van der Waals surface area contributed by atoms with Crippen LogP contribution in [0.3, 0.4) is 0 Å². The summed E-state index contributed by atoms with van der Waals surface area (Å²) in [6.45, 7) is 9.14. The van der Waals surface area contributed by atoms with Crippen LogP contribution in [0.25, 0.3) is 0 Å². The number of ether oxygens (including phenoxy) is 2. The normalized spacial score (nSPS) is 29.9. The standard InChI is InChI=1S/C34H36O4/c1-21(2)17-25-29-27(23-11-7-5-8-12-23)34-16-15-33(29,19-37-31(25)35)28(24-13-9-6-10-14-24)30(34)26(18-22(3)4)32(36)38-20-34/h5-16,21-22,27-28H,17-20H2,1-4H3/t27-,28-,33+,34+/m1/s1. The Labute approximate surface area is 225 Å². The molecule has 5 aliphatic rings. The highest BCUT2D eigenvalue weighted by Gasteiger charge is 2.67. The number of esters is 2. The molecule has 2 heterocycles. The van der Waals surface area contributed by atoms with Crippen molar-refractivity contribution in [2.24, 2.45) is 22.7 Å². The number of cyclic esters (lactones) is 2. The van der Waals surface area contributed by atoms with Crippen LogP contribution in [0.1, 0.15) is 63.5 Å². The molecule has 2 aromatic rings. The van der Waals surface area contributed by atoms with Crippen molar-refractivity contribution in [3.05, 3.63) is 106 Å². The number of benzene rings is 2. The van der Waals surface area contributed by atoms with E-state index in [1.165, 1.54) is 0 Å². The van der Waals surface area contributed by atoms with Crippen LogP contribution in [0, 0.1) is 22.7 Å². The van der Waals surface area contributed by atoms with Gasteiger partial charge in [-0.05, 0) is 47.0 Å². The van der Waals surface area contributed by atoms with Crippen molar-refractivity contribution in [1.82, 2.24) is 0 Å². The van der Waals surface area contributed by atoms with Crippen molar-refractivity contribution in [1.29, 1.82) is 0 Å². The monoisotopic (exact) mass is 508 g/mol. The zero-order valence-electron chi connectivity index (χ0n) is 22.7. The van der Waals surface area contributed by atoms with Crippen LogP contribution in [-0.2, 0) is 19.1 Å². The van der Waals surface area contributed by atoms with Crippen LogP contribution in [0.5, 0.6) is 0 Å². The lowest BCUT2D eigenvalue weighted by Crippen LogP contribution is -2.59. The van der Waals surface area contributed by atoms with E-state index in [1.807, 2.05) is 12.1 Å². The first-order valence-electron chi connectivity index (χ1n) is 13.9. The van der Waals surface area contributed by atoms with E-state index in [2.05, 4.69) is 88.4 Å². The van der Waals surface area contributed by atoms with Crippen LogP contribution < -0.4 is 0 Å². The van der Waals surface area contributed by atoms with Gasteiger partial charge >= 0.3 is 11.9 Å². The summed E-state index contributed by atoms with van der Waals surface area (Å²) >= 11 is 0. The van der Waals surface area contributed by atoms with Gasteiger partial charge in [-0.2, -0.15) is 0 Å². The fourth-order valence-corrected chi connectivity index (χ4v) is 7.55. The Morgan fingerprint density at radius 1 is 0.658 bits per heavy atom. The molecule has 0 aromatic heterocycles. The molecule has 4 nitrogen and oxygen atoms in total. The number of carbonyl (C=O) groups excluding carboxylic acids is 2. The van der Waals surface area contributed by atoms with Crippen molar-refractivity contribution in [2.45, 2.75) is 52.4 Å². The van der Waals surface area contributed by atoms with Crippen molar-refractivity contribution in [3.63, 3.8) is 0 Å². The summed E-state index contributed by atoms with van der Waals surface area (Å²) in [6.07, 6.45) is 5.90. The zero-order chi connectivity index (χ0) is 26.7. The Bertz CT molecular complexity index is 1260. The molecule has 2 aliphatic heterocycles. The van der Waals surface area contributed by atoms with Gasteiger partial charge in [-0.3, -0.25) is 0 Å². The van der Waals surface area contributed by atoms with Crippen molar-refractivity contribution >= 4 is 11.9 Å². The van der Waals surface area contributed by atoms with E-state index in [4.69, 9.17) is 9.47 Å². The minimum atomic E-state index is -0.559. The van der Waals surface area contributed by atoms with Gasteiger partial charge in [-0.15, -0.1) is 0 Å². The van der Waals surface area contributed by atoms with Crippen molar-refractivity contribution in [3.8, 4) is 0 Å². The zero-order valence-corrected chi connectivity index (χ0v) is 22.7. The van der Waals surface area contributed by atoms with E-state index in [1.54, 1.807) is 0 Å². The van der Waals surface area contributed by atoms with Gasteiger partial charge in [0.25, 0.3) is 0 Å². The lowest BCUT2D eigenvalue weighted by atomic mass is 9.41. The van der Waals surface area contributed by atoms with Crippen molar-refractivity contribution in [2.75, 3.05) is 13.2 Å². The maximum Gasteiger partial charge on any atom is 0.334 e. The van der Waals surface area contributed by atoms with Gasteiger partial charge in [-0.1, -0.05) is 101 Å². The molecule has 4 heteroatoms. The summed E-state index contributed by atoms with van der Waals surface area (Å²) in [5.41, 5.74) is 5.10. The molecule has 0 radical (unpaired) electrons. The summed E-state index contributed by atoms with van der Waals surface area (Å²) in [5, 5.41) is 0. The molecule has 2 bridgehead atoms. The third kappa shape index (κ3) is 3.56.